The smallest absolute Gasteiger partial charge is 0.103 e. The fourth-order valence-corrected chi connectivity index (χ4v) is 3.38. The molecule has 0 unspecified atom stereocenters. The van der Waals surface area contributed by atoms with Gasteiger partial charge in [0.25, 0.3) is 0 Å². The summed E-state index contributed by atoms with van der Waals surface area (Å²) in [6.45, 7) is 3.91. The van der Waals surface area contributed by atoms with Crippen LogP contribution in [0.2, 0.25) is 0 Å². The predicted octanol–water partition coefficient (Wildman–Crippen LogP) is 2.92. The predicted molar refractivity (Wildman–Crippen MR) is 76.2 cm³/mol. The molecular formula is C15H14N2OS. The number of nitriles is 1. The highest BCUT2D eigenvalue weighted by Crippen LogP contribution is 2.25. The fourth-order valence-electron chi connectivity index (χ4n) is 1.99. The first-order chi connectivity index (χ1) is 9.02. The lowest BCUT2D eigenvalue weighted by Crippen LogP contribution is -2.00. The van der Waals surface area contributed by atoms with Crippen LogP contribution >= 0.6 is 0 Å². The first kappa shape index (κ1) is 13.3. The van der Waals surface area contributed by atoms with Crippen molar-refractivity contribution in [3.63, 3.8) is 0 Å². The molecule has 0 aliphatic heterocycles. The topological polar surface area (TPSA) is 66.9 Å². The Morgan fingerprint density at radius 3 is 2.37 bits per heavy atom. The normalized spacial score (nSPS) is 11.8. The Morgan fingerprint density at radius 1 is 1.16 bits per heavy atom. The summed E-state index contributed by atoms with van der Waals surface area (Å²) in [4.78, 5) is 1.16. The fraction of sp³-hybridized carbons (Fsp3) is 0.133. The van der Waals surface area contributed by atoms with Crippen LogP contribution in [0.15, 0.2) is 46.2 Å². The molecule has 0 heterocycles. The number of aryl methyl sites for hydroxylation is 2. The summed E-state index contributed by atoms with van der Waals surface area (Å²) in [5.74, 6) is 0. The molecule has 2 aromatic carbocycles. The van der Waals surface area contributed by atoms with Gasteiger partial charge in [0.2, 0.25) is 0 Å². The zero-order valence-corrected chi connectivity index (χ0v) is 11.6. The van der Waals surface area contributed by atoms with Crippen LogP contribution in [-0.2, 0) is 10.8 Å². The van der Waals surface area contributed by atoms with Gasteiger partial charge in [-0.3, -0.25) is 0 Å². The average molecular weight is 270 g/mol. The third-order valence-corrected chi connectivity index (χ3v) is 4.18. The molecule has 3 nitrogen and oxygen atoms in total. The highest BCUT2D eigenvalue weighted by atomic mass is 32.2. The van der Waals surface area contributed by atoms with E-state index < -0.39 is 10.8 Å². The van der Waals surface area contributed by atoms with Crippen molar-refractivity contribution in [2.24, 2.45) is 0 Å². The number of hydrogen-bond acceptors (Lipinski definition) is 3. The number of rotatable bonds is 2. The van der Waals surface area contributed by atoms with Crippen molar-refractivity contribution in [2.75, 3.05) is 5.73 Å². The highest BCUT2D eigenvalue weighted by Gasteiger charge is 2.14. The summed E-state index contributed by atoms with van der Waals surface area (Å²) in [6.07, 6.45) is 0. The van der Waals surface area contributed by atoms with Crippen molar-refractivity contribution < 1.29 is 4.21 Å². The maximum atomic E-state index is 12.6. The average Bonchev–Trinajstić information content (AvgIpc) is 2.36. The molecule has 2 aromatic rings. The monoisotopic (exact) mass is 270 g/mol. The summed E-state index contributed by atoms with van der Waals surface area (Å²) < 4.78 is 12.6. The SMILES string of the molecule is Cc1cc(C)cc([S@@](=O)c2cccc(N)c2C#N)c1. The van der Waals surface area contributed by atoms with Gasteiger partial charge in [-0.25, -0.2) is 4.21 Å². The molecule has 2 rings (SSSR count). The Balaban J connectivity index is 2.57. The minimum atomic E-state index is -1.39. The van der Waals surface area contributed by atoms with Crippen molar-refractivity contribution >= 4 is 16.5 Å². The Bertz CT molecular complexity index is 682. The van der Waals surface area contributed by atoms with E-state index in [0.29, 0.717) is 21.0 Å². The van der Waals surface area contributed by atoms with Gasteiger partial charge in [0.15, 0.2) is 0 Å². The molecule has 0 aliphatic rings. The molecule has 0 saturated carbocycles. The Morgan fingerprint density at radius 2 is 1.79 bits per heavy atom. The lowest BCUT2D eigenvalue weighted by molar-refractivity contribution is 0.683. The van der Waals surface area contributed by atoms with Gasteiger partial charge in [-0.1, -0.05) is 12.1 Å². The van der Waals surface area contributed by atoms with E-state index >= 15 is 0 Å². The molecule has 1 atom stereocenters. The van der Waals surface area contributed by atoms with E-state index in [-0.39, 0.29) is 0 Å². The molecule has 2 N–H and O–H groups in total. The zero-order valence-electron chi connectivity index (χ0n) is 10.8. The van der Waals surface area contributed by atoms with Gasteiger partial charge in [0.05, 0.1) is 26.9 Å². The first-order valence-electron chi connectivity index (χ1n) is 5.81. The second-order valence-electron chi connectivity index (χ2n) is 4.42. The van der Waals surface area contributed by atoms with Gasteiger partial charge in [0, 0.05) is 4.90 Å². The van der Waals surface area contributed by atoms with Crippen molar-refractivity contribution in [3.05, 3.63) is 53.1 Å². The number of benzene rings is 2. The van der Waals surface area contributed by atoms with E-state index in [1.54, 1.807) is 18.2 Å². The van der Waals surface area contributed by atoms with Crippen molar-refractivity contribution in [1.29, 1.82) is 5.26 Å². The van der Waals surface area contributed by atoms with E-state index in [0.717, 1.165) is 11.1 Å². The summed E-state index contributed by atoms with van der Waals surface area (Å²) in [5.41, 5.74) is 8.50. The Kier molecular flexibility index (Phi) is 3.68. The molecule has 0 radical (unpaired) electrons. The van der Waals surface area contributed by atoms with E-state index in [1.165, 1.54) is 0 Å². The van der Waals surface area contributed by atoms with Gasteiger partial charge < -0.3 is 5.73 Å². The molecule has 0 saturated heterocycles. The van der Waals surface area contributed by atoms with Crippen molar-refractivity contribution in [3.8, 4) is 6.07 Å². The van der Waals surface area contributed by atoms with Crippen molar-refractivity contribution in [2.45, 2.75) is 23.6 Å². The minimum Gasteiger partial charge on any atom is -0.398 e. The third-order valence-electron chi connectivity index (χ3n) is 2.78. The zero-order chi connectivity index (χ0) is 14.0. The maximum Gasteiger partial charge on any atom is 0.103 e. The molecule has 0 aromatic heterocycles. The first-order valence-corrected chi connectivity index (χ1v) is 6.96. The molecule has 0 spiro atoms. The summed E-state index contributed by atoms with van der Waals surface area (Å²) in [6, 6.07) is 12.8. The van der Waals surface area contributed by atoms with Crippen LogP contribution in [0.4, 0.5) is 5.69 Å². The maximum absolute atomic E-state index is 12.6. The van der Waals surface area contributed by atoms with Crippen LogP contribution in [0.25, 0.3) is 0 Å². The largest absolute Gasteiger partial charge is 0.398 e. The molecule has 19 heavy (non-hydrogen) atoms. The second-order valence-corrected chi connectivity index (χ2v) is 5.87. The molecule has 96 valence electrons. The lowest BCUT2D eigenvalue weighted by atomic mass is 10.2. The summed E-state index contributed by atoms with van der Waals surface area (Å²) in [7, 11) is -1.39. The second kappa shape index (κ2) is 5.25. The lowest BCUT2D eigenvalue weighted by Gasteiger charge is -2.08. The molecule has 0 amide bonds. The molecule has 0 fully saturated rings. The van der Waals surface area contributed by atoms with E-state index in [9.17, 15) is 4.21 Å². The Hall–Kier alpha value is -2.12. The number of hydrogen-bond donors (Lipinski definition) is 1. The van der Waals surface area contributed by atoms with E-state index in [2.05, 4.69) is 0 Å². The highest BCUT2D eigenvalue weighted by molar-refractivity contribution is 7.85. The quantitative estimate of drug-likeness (QED) is 0.853. The minimum absolute atomic E-state index is 0.292. The van der Waals surface area contributed by atoms with E-state index in [1.807, 2.05) is 38.1 Å². The Labute approximate surface area is 115 Å². The number of nitrogen functional groups attached to an aromatic ring is 1. The van der Waals surface area contributed by atoms with Gasteiger partial charge in [-0.15, -0.1) is 0 Å². The number of anilines is 1. The van der Waals surface area contributed by atoms with Crippen LogP contribution in [0.1, 0.15) is 16.7 Å². The molecule has 0 aliphatic carbocycles. The van der Waals surface area contributed by atoms with Crippen LogP contribution in [-0.4, -0.2) is 4.21 Å². The summed E-state index contributed by atoms with van der Waals surface area (Å²) >= 11 is 0. The third kappa shape index (κ3) is 2.67. The van der Waals surface area contributed by atoms with Gasteiger partial charge in [-0.05, 0) is 49.2 Å². The standard InChI is InChI=1S/C15H14N2OS/c1-10-6-11(2)8-12(7-10)19(18)15-5-3-4-14(17)13(15)9-16/h3-8H,17H2,1-2H3/t19-/m1/s1. The van der Waals surface area contributed by atoms with Crippen LogP contribution < -0.4 is 5.73 Å². The number of nitrogens with two attached hydrogens (primary N) is 1. The molecular weight excluding hydrogens is 256 g/mol. The van der Waals surface area contributed by atoms with Crippen LogP contribution in [0.5, 0.6) is 0 Å². The summed E-state index contributed by atoms with van der Waals surface area (Å²) in [5, 5.41) is 9.14. The van der Waals surface area contributed by atoms with Crippen LogP contribution in [0, 0.1) is 25.2 Å². The molecule has 4 heteroatoms. The van der Waals surface area contributed by atoms with Crippen LogP contribution in [0.3, 0.4) is 0 Å². The van der Waals surface area contributed by atoms with E-state index in [4.69, 9.17) is 11.0 Å². The van der Waals surface area contributed by atoms with Gasteiger partial charge >= 0.3 is 0 Å². The number of nitrogens with zero attached hydrogens (tertiary/aromatic N) is 1. The van der Waals surface area contributed by atoms with Crippen molar-refractivity contribution in [1.82, 2.24) is 0 Å². The molecule has 0 bridgehead atoms. The van der Waals surface area contributed by atoms with Gasteiger partial charge in [-0.2, -0.15) is 5.26 Å². The van der Waals surface area contributed by atoms with Gasteiger partial charge in [0.1, 0.15) is 6.07 Å².